The van der Waals surface area contributed by atoms with Crippen molar-refractivity contribution < 1.29 is 9.84 Å². The molecule has 0 aliphatic carbocycles. The van der Waals surface area contributed by atoms with Crippen molar-refractivity contribution in [3.8, 4) is 11.5 Å². The van der Waals surface area contributed by atoms with Crippen LogP contribution < -0.4 is 10.1 Å². The van der Waals surface area contributed by atoms with Crippen LogP contribution in [0, 0.1) is 0 Å². The molecule has 0 saturated carbocycles. The van der Waals surface area contributed by atoms with Gasteiger partial charge in [0.05, 0.1) is 7.11 Å². The van der Waals surface area contributed by atoms with Gasteiger partial charge in [0.25, 0.3) is 0 Å². The van der Waals surface area contributed by atoms with Crippen molar-refractivity contribution in [2.75, 3.05) is 20.2 Å². The molecule has 2 N–H and O–H groups in total. The zero-order chi connectivity index (χ0) is 22.6. The molecular formula is C27H32N2O2S. The zero-order valence-corrected chi connectivity index (χ0v) is 19.5. The minimum Gasteiger partial charge on any atom is -0.504 e. The molecule has 0 radical (unpaired) electrons. The summed E-state index contributed by atoms with van der Waals surface area (Å²) in [5, 5.41) is 14.1. The Labute approximate surface area is 196 Å². The van der Waals surface area contributed by atoms with E-state index in [1.54, 1.807) is 13.2 Å². The van der Waals surface area contributed by atoms with Crippen LogP contribution in [0.25, 0.3) is 0 Å². The Kier molecular flexibility index (Phi) is 9.38. The number of thiocarbonyl (C=S) groups is 1. The summed E-state index contributed by atoms with van der Waals surface area (Å²) >= 11 is 5.75. The molecule has 0 unspecified atom stereocenters. The average Bonchev–Trinajstić information content (AvgIpc) is 2.83. The van der Waals surface area contributed by atoms with Crippen molar-refractivity contribution in [1.29, 1.82) is 0 Å². The van der Waals surface area contributed by atoms with Gasteiger partial charge in [-0.15, -0.1) is 0 Å². The molecule has 0 fully saturated rings. The smallest absolute Gasteiger partial charge is 0.169 e. The lowest BCUT2D eigenvalue weighted by Gasteiger charge is -2.26. The van der Waals surface area contributed by atoms with E-state index in [2.05, 4.69) is 64.8 Å². The van der Waals surface area contributed by atoms with E-state index in [9.17, 15) is 5.11 Å². The van der Waals surface area contributed by atoms with Crippen LogP contribution in [0.3, 0.4) is 0 Å². The van der Waals surface area contributed by atoms with E-state index in [4.69, 9.17) is 17.0 Å². The van der Waals surface area contributed by atoms with Crippen LogP contribution in [0.5, 0.6) is 11.5 Å². The predicted octanol–water partition coefficient (Wildman–Crippen LogP) is 5.34. The Bertz CT molecular complexity index is 964. The Morgan fingerprint density at radius 2 is 1.53 bits per heavy atom. The van der Waals surface area contributed by atoms with E-state index in [1.165, 1.54) is 11.1 Å². The number of nitrogens with zero attached hydrogens (tertiary/aromatic N) is 1. The molecule has 0 amide bonds. The second kappa shape index (κ2) is 12.7. The third-order valence-corrected chi connectivity index (χ3v) is 5.83. The number of aryl methyl sites for hydroxylation is 1. The highest BCUT2D eigenvalue weighted by Crippen LogP contribution is 2.27. The number of methoxy groups -OCH3 is 1. The molecule has 0 saturated heterocycles. The van der Waals surface area contributed by atoms with Crippen molar-refractivity contribution in [3.05, 3.63) is 95.6 Å². The molecule has 32 heavy (non-hydrogen) atoms. The number of hydrogen-bond donors (Lipinski definition) is 2. The third kappa shape index (κ3) is 7.57. The molecule has 0 bridgehead atoms. The summed E-state index contributed by atoms with van der Waals surface area (Å²) in [7, 11) is 1.57. The first-order valence-corrected chi connectivity index (χ1v) is 11.5. The Morgan fingerprint density at radius 3 is 2.19 bits per heavy atom. The van der Waals surface area contributed by atoms with Gasteiger partial charge in [-0.05, 0) is 66.7 Å². The maximum absolute atomic E-state index is 9.91. The van der Waals surface area contributed by atoms with Crippen LogP contribution in [0.1, 0.15) is 29.5 Å². The van der Waals surface area contributed by atoms with Gasteiger partial charge >= 0.3 is 0 Å². The first-order valence-electron chi connectivity index (χ1n) is 11.1. The van der Waals surface area contributed by atoms with Gasteiger partial charge in [0, 0.05) is 19.6 Å². The highest BCUT2D eigenvalue weighted by Gasteiger charge is 2.12. The summed E-state index contributed by atoms with van der Waals surface area (Å²) in [5.74, 6) is 0.628. The quantitative estimate of drug-likeness (QED) is 0.306. The predicted molar refractivity (Wildman–Crippen MR) is 135 cm³/mol. The molecule has 0 aromatic heterocycles. The number of benzene rings is 3. The fourth-order valence-corrected chi connectivity index (χ4v) is 3.90. The molecule has 3 aromatic rings. The van der Waals surface area contributed by atoms with Gasteiger partial charge in [-0.1, -0.05) is 66.7 Å². The molecule has 3 rings (SSSR count). The average molecular weight is 449 g/mol. The van der Waals surface area contributed by atoms with Crippen LogP contribution in [-0.2, 0) is 19.4 Å². The van der Waals surface area contributed by atoms with Gasteiger partial charge in [0.1, 0.15) is 0 Å². The van der Waals surface area contributed by atoms with Crippen LogP contribution in [0.2, 0.25) is 0 Å². The van der Waals surface area contributed by atoms with Crippen LogP contribution >= 0.6 is 12.2 Å². The number of rotatable bonds is 11. The minimum atomic E-state index is 0.147. The van der Waals surface area contributed by atoms with Crippen LogP contribution in [0.4, 0.5) is 0 Å². The van der Waals surface area contributed by atoms with E-state index in [-0.39, 0.29) is 5.75 Å². The maximum atomic E-state index is 9.91. The molecule has 0 atom stereocenters. The van der Waals surface area contributed by atoms with Gasteiger partial charge in [0.2, 0.25) is 0 Å². The first kappa shape index (κ1) is 23.6. The Morgan fingerprint density at radius 1 is 0.875 bits per heavy atom. The van der Waals surface area contributed by atoms with Gasteiger partial charge < -0.3 is 20.1 Å². The molecule has 0 aliphatic rings. The van der Waals surface area contributed by atoms with E-state index in [0.29, 0.717) is 12.3 Å². The maximum Gasteiger partial charge on any atom is 0.169 e. The summed E-state index contributed by atoms with van der Waals surface area (Å²) in [6.45, 7) is 2.33. The number of phenols is 1. The zero-order valence-electron chi connectivity index (χ0n) is 18.7. The monoisotopic (exact) mass is 448 g/mol. The van der Waals surface area contributed by atoms with Crippen molar-refractivity contribution >= 4 is 17.3 Å². The summed E-state index contributed by atoms with van der Waals surface area (Å²) in [6, 6.07) is 26.5. The molecule has 5 heteroatoms. The fourth-order valence-electron chi connectivity index (χ4n) is 3.64. The Hall–Kier alpha value is -3.05. The summed E-state index contributed by atoms with van der Waals surface area (Å²) in [4.78, 5) is 2.21. The molecule has 4 nitrogen and oxygen atoms in total. The van der Waals surface area contributed by atoms with Gasteiger partial charge in [-0.2, -0.15) is 0 Å². The SMILES string of the molecule is COc1cc(CN(CCCCc2ccccc2)C(=S)NCCc2ccccc2)ccc1O. The lowest BCUT2D eigenvalue weighted by Crippen LogP contribution is -2.40. The first-order chi connectivity index (χ1) is 15.7. The number of phenolic OH excluding ortho intramolecular Hbond substituents is 1. The van der Waals surface area contributed by atoms with Gasteiger partial charge in [-0.3, -0.25) is 0 Å². The van der Waals surface area contributed by atoms with Crippen LogP contribution in [0.15, 0.2) is 78.9 Å². The normalized spacial score (nSPS) is 10.5. The minimum absolute atomic E-state index is 0.147. The van der Waals surface area contributed by atoms with E-state index >= 15 is 0 Å². The number of hydrogen-bond acceptors (Lipinski definition) is 3. The summed E-state index contributed by atoms with van der Waals surface area (Å²) < 4.78 is 5.27. The molecule has 0 heterocycles. The van der Waals surface area contributed by atoms with Crippen molar-refractivity contribution in [1.82, 2.24) is 10.2 Å². The Balaban J connectivity index is 1.57. The number of nitrogens with one attached hydrogen (secondary N) is 1. The van der Waals surface area contributed by atoms with Gasteiger partial charge in [-0.25, -0.2) is 0 Å². The highest BCUT2D eigenvalue weighted by atomic mass is 32.1. The van der Waals surface area contributed by atoms with E-state index < -0.39 is 0 Å². The lowest BCUT2D eigenvalue weighted by atomic mass is 10.1. The number of aromatic hydroxyl groups is 1. The van der Waals surface area contributed by atoms with Crippen molar-refractivity contribution in [3.63, 3.8) is 0 Å². The molecule has 3 aromatic carbocycles. The van der Waals surface area contributed by atoms with E-state index in [1.807, 2.05) is 18.2 Å². The second-order valence-electron chi connectivity index (χ2n) is 7.84. The molecule has 0 spiro atoms. The van der Waals surface area contributed by atoms with Crippen molar-refractivity contribution in [2.45, 2.75) is 32.2 Å². The van der Waals surface area contributed by atoms with Crippen molar-refractivity contribution in [2.24, 2.45) is 0 Å². The number of unbranched alkanes of at least 4 members (excludes halogenated alkanes) is 1. The largest absolute Gasteiger partial charge is 0.504 e. The summed E-state index contributed by atoms with van der Waals surface area (Å²) in [6.07, 6.45) is 4.14. The topological polar surface area (TPSA) is 44.7 Å². The molecule has 0 aliphatic heterocycles. The second-order valence-corrected chi connectivity index (χ2v) is 8.22. The third-order valence-electron chi connectivity index (χ3n) is 5.42. The van der Waals surface area contributed by atoms with E-state index in [0.717, 1.165) is 49.4 Å². The molecular weight excluding hydrogens is 416 g/mol. The number of ether oxygens (including phenoxy) is 1. The van der Waals surface area contributed by atoms with Crippen LogP contribution in [-0.4, -0.2) is 35.3 Å². The summed E-state index contributed by atoms with van der Waals surface area (Å²) in [5.41, 5.74) is 3.71. The highest BCUT2D eigenvalue weighted by molar-refractivity contribution is 7.80. The standard InChI is InChI=1S/C27H32N2O2S/c1-31-26-20-24(15-16-25(26)30)21-29(19-9-8-14-22-10-4-2-5-11-22)27(32)28-18-17-23-12-6-3-7-13-23/h2-7,10-13,15-16,20,30H,8-9,14,17-19,21H2,1H3,(H,28,32). The lowest BCUT2D eigenvalue weighted by molar-refractivity contribution is 0.368. The fraction of sp³-hybridized carbons (Fsp3) is 0.296. The van der Waals surface area contributed by atoms with Gasteiger partial charge in [0.15, 0.2) is 16.6 Å². The molecule has 168 valence electrons.